The summed E-state index contributed by atoms with van der Waals surface area (Å²) in [6, 6.07) is 8.78. The van der Waals surface area contributed by atoms with Gasteiger partial charge in [-0.1, -0.05) is 44.0 Å². The Kier molecular flexibility index (Phi) is 4.97. The van der Waals surface area contributed by atoms with Crippen molar-refractivity contribution in [2.45, 2.75) is 57.6 Å². The topological polar surface area (TPSA) is 47.3 Å². The van der Waals surface area contributed by atoms with Crippen LogP contribution in [0.15, 0.2) is 24.3 Å². The Balaban J connectivity index is 2.31. The average molecular weight is 262 g/mol. The fraction of sp³-hybridized carbons (Fsp3) is 0.625. The minimum atomic E-state index is -0.129. The molecule has 19 heavy (non-hydrogen) atoms. The third kappa shape index (κ3) is 2.99. The lowest BCUT2D eigenvalue weighted by atomic mass is 9.86. The molecule has 1 aliphatic carbocycles. The molecule has 0 amide bonds. The van der Waals surface area contributed by atoms with Crippen LogP contribution in [0, 0.1) is 0 Å². The van der Waals surface area contributed by atoms with Crippen LogP contribution < -0.4 is 11.3 Å². The van der Waals surface area contributed by atoms with E-state index in [1.165, 1.54) is 24.0 Å². The second-order valence-corrected chi connectivity index (χ2v) is 5.40. The Morgan fingerprint density at radius 1 is 1.32 bits per heavy atom. The molecule has 3 heteroatoms. The van der Waals surface area contributed by atoms with Crippen molar-refractivity contribution < 1.29 is 4.74 Å². The molecule has 106 valence electrons. The molecular formula is C16H26N2O. The molecule has 1 unspecified atom stereocenters. The Bertz CT molecular complexity index is 399. The van der Waals surface area contributed by atoms with Gasteiger partial charge >= 0.3 is 0 Å². The van der Waals surface area contributed by atoms with E-state index >= 15 is 0 Å². The lowest BCUT2D eigenvalue weighted by Crippen LogP contribution is -2.47. The second-order valence-electron chi connectivity index (χ2n) is 5.40. The Morgan fingerprint density at radius 3 is 2.63 bits per heavy atom. The predicted molar refractivity (Wildman–Crippen MR) is 78.7 cm³/mol. The van der Waals surface area contributed by atoms with E-state index in [9.17, 15) is 0 Å². The van der Waals surface area contributed by atoms with Crippen LogP contribution in [-0.4, -0.2) is 12.2 Å². The summed E-state index contributed by atoms with van der Waals surface area (Å²) in [5.41, 5.74) is 5.48. The number of benzene rings is 1. The molecular weight excluding hydrogens is 236 g/mol. The van der Waals surface area contributed by atoms with Crippen LogP contribution in [0.4, 0.5) is 0 Å². The van der Waals surface area contributed by atoms with E-state index in [0.29, 0.717) is 0 Å². The van der Waals surface area contributed by atoms with Crippen molar-refractivity contribution in [1.82, 2.24) is 5.43 Å². The number of ether oxygens (including phenoxy) is 1. The zero-order valence-electron chi connectivity index (χ0n) is 12.1. The van der Waals surface area contributed by atoms with E-state index in [4.69, 9.17) is 10.6 Å². The highest BCUT2D eigenvalue weighted by Gasteiger charge is 2.42. The summed E-state index contributed by atoms with van der Waals surface area (Å²) in [6.07, 6.45) is 5.68. The number of aryl methyl sites for hydroxylation is 1. The number of nitrogens with one attached hydrogen (secondary N) is 1. The SMILES string of the molecule is CCOC1(C(NN)c2cccc(CC)c2)CCCC1. The van der Waals surface area contributed by atoms with Crippen molar-refractivity contribution in [3.05, 3.63) is 35.4 Å². The molecule has 2 rings (SSSR count). The summed E-state index contributed by atoms with van der Waals surface area (Å²) in [5, 5.41) is 0. The van der Waals surface area contributed by atoms with Gasteiger partial charge in [0, 0.05) is 6.61 Å². The first-order chi connectivity index (χ1) is 9.25. The van der Waals surface area contributed by atoms with Gasteiger partial charge in [0.1, 0.15) is 0 Å². The molecule has 0 spiro atoms. The number of hydrazine groups is 1. The van der Waals surface area contributed by atoms with E-state index < -0.39 is 0 Å². The molecule has 1 saturated carbocycles. The summed E-state index contributed by atoms with van der Waals surface area (Å²) >= 11 is 0. The van der Waals surface area contributed by atoms with Crippen LogP contribution >= 0.6 is 0 Å². The highest BCUT2D eigenvalue weighted by Crippen LogP contribution is 2.42. The number of nitrogens with two attached hydrogens (primary N) is 1. The number of rotatable bonds is 6. The van der Waals surface area contributed by atoms with Gasteiger partial charge in [0.05, 0.1) is 11.6 Å². The Labute approximate surface area is 116 Å². The van der Waals surface area contributed by atoms with E-state index in [-0.39, 0.29) is 11.6 Å². The normalized spacial score (nSPS) is 19.5. The van der Waals surface area contributed by atoms with Crippen molar-refractivity contribution in [1.29, 1.82) is 0 Å². The van der Waals surface area contributed by atoms with Gasteiger partial charge in [-0.15, -0.1) is 0 Å². The van der Waals surface area contributed by atoms with E-state index in [2.05, 4.69) is 43.5 Å². The minimum Gasteiger partial charge on any atom is -0.373 e. The molecule has 0 bridgehead atoms. The summed E-state index contributed by atoms with van der Waals surface area (Å²) in [5.74, 6) is 5.86. The third-order valence-corrected chi connectivity index (χ3v) is 4.27. The van der Waals surface area contributed by atoms with Crippen LogP contribution in [0.1, 0.15) is 56.7 Å². The van der Waals surface area contributed by atoms with Crippen molar-refractivity contribution in [3.8, 4) is 0 Å². The summed E-state index contributed by atoms with van der Waals surface area (Å²) in [4.78, 5) is 0. The van der Waals surface area contributed by atoms with Crippen LogP contribution in [-0.2, 0) is 11.2 Å². The Hall–Kier alpha value is -0.900. The van der Waals surface area contributed by atoms with Gasteiger partial charge in [0.25, 0.3) is 0 Å². The molecule has 1 atom stereocenters. The highest BCUT2D eigenvalue weighted by atomic mass is 16.5. The fourth-order valence-electron chi connectivity index (χ4n) is 3.32. The van der Waals surface area contributed by atoms with E-state index in [1.54, 1.807) is 0 Å². The summed E-state index contributed by atoms with van der Waals surface area (Å²) in [7, 11) is 0. The smallest absolute Gasteiger partial charge is 0.0889 e. The second kappa shape index (κ2) is 6.51. The van der Waals surface area contributed by atoms with Crippen LogP contribution in [0.2, 0.25) is 0 Å². The summed E-state index contributed by atoms with van der Waals surface area (Å²) < 4.78 is 6.13. The van der Waals surface area contributed by atoms with Crippen molar-refractivity contribution >= 4 is 0 Å². The first-order valence-electron chi connectivity index (χ1n) is 7.44. The lowest BCUT2D eigenvalue weighted by Gasteiger charge is -2.37. The zero-order valence-corrected chi connectivity index (χ0v) is 12.1. The van der Waals surface area contributed by atoms with E-state index in [1.807, 2.05) is 0 Å². The third-order valence-electron chi connectivity index (χ3n) is 4.27. The maximum Gasteiger partial charge on any atom is 0.0889 e. The van der Waals surface area contributed by atoms with Gasteiger partial charge in [0.2, 0.25) is 0 Å². The van der Waals surface area contributed by atoms with Crippen LogP contribution in [0.3, 0.4) is 0 Å². The summed E-state index contributed by atoms with van der Waals surface area (Å²) in [6.45, 7) is 4.99. The molecule has 0 radical (unpaired) electrons. The molecule has 3 nitrogen and oxygen atoms in total. The van der Waals surface area contributed by atoms with Crippen molar-refractivity contribution in [2.24, 2.45) is 5.84 Å². The first kappa shape index (κ1) is 14.5. The van der Waals surface area contributed by atoms with Crippen LogP contribution in [0.25, 0.3) is 0 Å². The van der Waals surface area contributed by atoms with Gasteiger partial charge in [-0.05, 0) is 37.3 Å². The molecule has 0 aliphatic heterocycles. The maximum absolute atomic E-state index is 6.13. The van der Waals surface area contributed by atoms with Gasteiger partial charge in [-0.2, -0.15) is 0 Å². The van der Waals surface area contributed by atoms with Crippen LogP contribution in [0.5, 0.6) is 0 Å². The van der Waals surface area contributed by atoms with Gasteiger partial charge in [-0.3, -0.25) is 11.3 Å². The molecule has 1 aliphatic rings. The molecule has 0 heterocycles. The molecule has 0 saturated heterocycles. The fourth-order valence-corrected chi connectivity index (χ4v) is 3.32. The molecule has 1 aromatic rings. The maximum atomic E-state index is 6.13. The van der Waals surface area contributed by atoms with Gasteiger partial charge in [-0.25, -0.2) is 0 Å². The standard InChI is InChI=1S/C16H26N2O/c1-3-13-8-7-9-14(12-13)15(18-17)16(19-4-2)10-5-6-11-16/h7-9,12,15,18H,3-6,10-11,17H2,1-2H3. The highest BCUT2D eigenvalue weighted by molar-refractivity contribution is 5.28. The molecule has 3 N–H and O–H groups in total. The molecule has 0 aromatic heterocycles. The van der Waals surface area contributed by atoms with Gasteiger partial charge in [0.15, 0.2) is 0 Å². The van der Waals surface area contributed by atoms with Crippen molar-refractivity contribution in [3.63, 3.8) is 0 Å². The van der Waals surface area contributed by atoms with Crippen molar-refractivity contribution in [2.75, 3.05) is 6.61 Å². The monoisotopic (exact) mass is 262 g/mol. The number of hydrogen-bond acceptors (Lipinski definition) is 3. The minimum absolute atomic E-state index is 0.0847. The number of hydrogen-bond donors (Lipinski definition) is 2. The van der Waals surface area contributed by atoms with E-state index in [0.717, 1.165) is 25.9 Å². The Morgan fingerprint density at radius 2 is 2.05 bits per heavy atom. The van der Waals surface area contributed by atoms with Gasteiger partial charge < -0.3 is 4.74 Å². The average Bonchev–Trinajstić information content (AvgIpc) is 2.90. The predicted octanol–water partition coefficient (Wildman–Crippen LogP) is 3.10. The molecule has 1 aromatic carbocycles. The lowest BCUT2D eigenvalue weighted by molar-refractivity contribution is -0.0627. The molecule has 1 fully saturated rings. The first-order valence-corrected chi connectivity index (χ1v) is 7.44. The largest absolute Gasteiger partial charge is 0.373 e. The zero-order chi connectivity index (χ0) is 13.7. The quantitative estimate of drug-likeness (QED) is 0.612.